The van der Waals surface area contributed by atoms with E-state index in [2.05, 4.69) is 15.3 Å². The average Bonchev–Trinajstić information content (AvgIpc) is 3.60. The van der Waals surface area contributed by atoms with Crippen LogP contribution in [0.25, 0.3) is 10.3 Å². The lowest BCUT2D eigenvalue weighted by atomic mass is 10.2. The number of methoxy groups -OCH3 is 1. The quantitative estimate of drug-likeness (QED) is 0.322. The van der Waals surface area contributed by atoms with Gasteiger partial charge in [-0.15, -0.1) is 0 Å². The molecule has 0 bridgehead atoms. The summed E-state index contributed by atoms with van der Waals surface area (Å²) in [5.74, 6) is 0.426. The third-order valence-electron chi connectivity index (χ3n) is 6.45. The lowest BCUT2D eigenvalue weighted by molar-refractivity contribution is -0.155. The van der Waals surface area contributed by atoms with Crippen molar-refractivity contribution in [3.8, 4) is 11.8 Å². The smallest absolute Gasteiger partial charge is 0.422 e. The van der Waals surface area contributed by atoms with Gasteiger partial charge in [0.05, 0.1) is 13.7 Å². The number of carbonyl (C=O) groups excluding carboxylic acids is 1. The molecule has 0 unspecified atom stereocenters. The third kappa shape index (κ3) is 6.19. The number of hydrogen-bond acceptors (Lipinski definition) is 8. The minimum atomic E-state index is -4.62. The number of nitrogens with zero attached hydrogens (tertiary/aromatic N) is 4. The fourth-order valence-electron chi connectivity index (χ4n) is 4.48. The predicted octanol–water partition coefficient (Wildman–Crippen LogP) is 4.14. The molecule has 1 atom stereocenters. The van der Waals surface area contributed by atoms with Crippen LogP contribution in [0.3, 0.4) is 0 Å². The number of nitrogens with one attached hydrogen (secondary N) is 1. The van der Waals surface area contributed by atoms with Crippen LogP contribution in [0.4, 0.5) is 18.3 Å². The van der Waals surface area contributed by atoms with Crippen LogP contribution in [0.15, 0.2) is 59.4 Å². The molecule has 1 saturated heterocycles. The molecule has 9 nitrogen and oxygen atoms in total. The Morgan fingerprint density at radius 1 is 1.10 bits per heavy atom. The average molecular weight is 574 g/mol. The topological polar surface area (TPSA) is 98.6 Å². The summed E-state index contributed by atoms with van der Waals surface area (Å²) in [4.78, 5) is 37.2. The molecule has 1 amide bonds. The second-order valence-electron chi connectivity index (χ2n) is 9.24. The number of anilines is 1. The number of aromatic nitrogens is 3. The van der Waals surface area contributed by atoms with E-state index in [0.29, 0.717) is 36.0 Å². The number of carbonyl (C=O) groups is 1. The maximum absolute atomic E-state index is 13.5. The number of benzene rings is 2. The Balaban J connectivity index is 1.44. The molecule has 13 heteroatoms. The maximum atomic E-state index is 13.5. The van der Waals surface area contributed by atoms with Crippen LogP contribution in [0, 0.1) is 0 Å². The molecule has 1 fully saturated rings. The minimum absolute atomic E-state index is 0.00298. The second-order valence-corrected chi connectivity index (χ2v) is 10.2. The Labute approximate surface area is 231 Å². The van der Waals surface area contributed by atoms with Gasteiger partial charge in [-0.2, -0.15) is 18.2 Å². The molecule has 40 heavy (non-hydrogen) atoms. The fourth-order valence-corrected chi connectivity index (χ4v) is 5.48. The predicted molar refractivity (Wildman–Crippen MR) is 144 cm³/mol. The van der Waals surface area contributed by atoms with Crippen LogP contribution in [-0.2, 0) is 17.9 Å². The lowest BCUT2D eigenvalue weighted by Gasteiger charge is -2.23. The molecule has 0 aliphatic carbocycles. The Hall–Kier alpha value is -4.13. The molecule has 5 rings (SSSR count). The maximum Gasteiger partial charge on any atom is 0.422 e. The summed E-state index contributed by atoms with van der Waals surface area (Å²) in [5.41, 5.74) is 0.965. The molecule has 3 heterocycles. The van der Waals surface area contributed by atoms with Crippen LogP contribution in [0.5, 0.6) is 11.8 Å². The fraction of sp³-hybridized carbons (Fsp3) is 0.333. The summed E-state index contributed by atoms with van der Waals surface area (Å²) in [6.45, 7) is -0.767. The highest BCUT2D eigenvalue weighted by Gasteiger charge is 2.34. The molecule has 210 valence electrons. The van der Waals surface area contributed by atoms with Crippen LogP contribution in [-0.4, -0.2) is 52.9 Å². The highest BCUT2D eigenvalue weighted by molar-refractivity contribution is 7.21. The summed E-state index contributed by atoms with van der Waals surface area (Å²) in [7, 11) is 1.51. The first-order valence-electron chi connectivity index (χ1n) is 12.5. The number of halogens is 3. The van der Waals surface area contributed by atoms with Crippen molar-refractivity contribution < 1.29 is 27.4 Å². The van der Waals surface area contributed by atoms with E-state index >= 15 is 0 Å². The van der Waals surface area contributed by atoms with Gasteiger partial charge in [0.15, 0.2) is 22.1 Å². The van der Waals surface area contributed by atoms with Crippen LogP contribution in [0.2, 0.25) is 0 Å². The van der Waals surface area contributed by atoms with E-state index in [-0.39, 0.29) is 22.8 Å². The van der Waals surface area contributed by atoms with Crippen molar-refractivity contribution in [1.82, 2.24) is 19.9 Å². The van der Waals surface area contributed by atoms with Gasteiger partial charge in [-0.05, 0) is 36.1 Å². The number of alkyl halides is 3. The van der Waals surface area contributed by atoms with Crippen molar-refractivity contribution >= 4 is 32.7 Å². The van der Waals surface area contributed by atoms with Crippen molar-refractivity contribution in [2.24, 2.45) is 0 Å². The number of fused-ring (bicyclic) bond motifs is 1. The Kier molecular flexibility index (Phi) is 7.92. The Morgan fingerprint density at radius 2 is 1.85 bits per heavy atom. The summed E-state index contributed by atoms with van der Waals surface area (Å²) >= 11 is 1.04. The van der Waals surface area contributed by atoms with E-state index in [1.54, 1.807) is 24.3 Å². The first-order chi connectivity index (χ1) is 19.2. The second kappa shape index (κ2) is 11.5. The molecule has 2 aromatic heterocycles. The SMILES string of the molecule is COc1ccc(Cn2c(OCC(F)(F)F)nc3sc(N4CCC[C@@H]4C(=O)NCc4ccccc4)nc3c2=O)cc1. The Bertz CT molecular complexity index is 1540. The van der Waals surface area contributed by atoms with E-state index < -0.39 is 30.4 Å². The molecule has 1 aliphatic heterocycles. The number of hydrogen-bond donors (Lipinski definition) is 1. The normalized spacial score (nSPS) is 15.4. The highest BCUT2D eigenvalue weighted by atomic mass is 32.1. The molecule has 2 aromatic carbocycles. The monoisotopic (exact) mass is 573 g/mol. The summed E-state index contributed by atoms with van der Waals surface area (Å²) in [6, 6.07) is 15.3. The molecule has 0 radical (unpaired) electrons. The van der Waals surface area contributed by atoms with Gasteiger partial charge >= 0.3 is 12.2 Å². The zero-order chi connectivity index (χ0) is 28.3. The largest absolute Gasteiger partial charge is 0.497 e. The van der Waals surface area contributed by atoms with Crippen molar-refractivity contribution in [3.63, 3.8) is 0 Å². The first kappa shape index (κ1) is 27.4. The minimum Gasteiger partial charge on any atom is -0.497 e. The number of ether oxygens (including phenoxy) is 2. The van der Waals surface area contributed by atoms with E-state index in [4.69, 9.17) is 9.47 Å². The zero-order valence-corrected chi connectivity index (χ0v) is 22.3. The number of rotatable bonds is 9. The highest BCUT2D eigenvalue weighted by Crippen LogP contribution is 2.33. The van der Waals surface area contributed by atoms with Gasteiger partial charge in [0.1, 0.15) is 11.8 Å². The third-order valence-corrected chi connectivity index (χ3v) is 7.44. The van der Waals surface area contributed by atoms with Crippen molar-refractivity contribution in [1.29, 1.82) is 0 Å². The van der Waals surface area contributed by atoms with Gasteiger partial charge in [-0.3, -0.25) is 14.2 Å². The Morgan fingerprint density at radius 3 is 2.55 bits per heavy atom. The van der Waals surface area contributed by atoms with E-state index in [0.717, 1.165) is 27.9 Å². The first-order valence-corrected chi connectivity index (χ1v) is 13.4. The van der Waals surface area contributed by atoms with Crippen molar-refractivity contribution in [2.45, 2.75) is 38.1 Å². The van der Waals surface area contributed by atoms with Gasteiger partial charge in [0.2, 0.25) is 5.91 Å². The molecular formula is C27H26F3N5O4S. The van der Waals surface area contributed by atoms with Gasteiger partial charge in [-0.25, -0.2) is 4.98 Å². The van der Waals surface area contributed by atoms with Gasteiger partial charge in [-0.1, -0.05) is 53.8 Å². The van der Waals surface area contributed by atoms with Crippen molar-refractivity contribution in [2.75, 3.05) is 25.2 Å². The molecule has 0 saturated carbocycles. The van der Waals surface area contributed by atoms with Gasteiger partial charge in [0, 0.05) is 13.1 Å². The van der Waals surface area contributed by atoms with E-state index in [1.165, 1.54) is 7.11 Å². The molecule has 4 aromatic rings. The van der Waals surface area contributed by atoms with Crippen LogP contribution in [0.1, 0.15) is 24.0 Å². The van der Waals surface area contributed by atoms with Crippen LogP contribution < -0.4 is 25.2 Å². The summed E-state index contributed by atoms with van der Waals surface area (Å²) in [6.07, 6.45) is -3.27. The molecule has 1 aliphatic rings. The van der Waals surface area contributed by atoms with E-state index in [1.807, 2.05) is 35.2 Å². The molecular weight excluding hydrogens is 547 g/mol. The zero-order valence-electron chi connectivity index (χ0n) is 21.5. The van der Waals surface area contributed by atoms with Gasteiger partial charge in [0.25, 0.3) is 5.56 Å². The summed E-state index contributed by atoms with van der Waals surface area (Å²) < 4.78 is 50.1. The summed E-state index contributed by atoms with van der Waals surface area (Å²) in [5, 5.41) is 3.35. The van der Waals surface area contributed by atoms with Gasteiger partial charge < -0.3 is 19.7 Å². The number of thiazole rings is 1. The molecule has 0 spiro atoms. The molecule has 1 N–H and O–H groups in total. The number of amides is 1. The van der Waals surface area contributed by atoms with Crippen molar-refractivity contribution in [3.05, 3.63) is 76.1 Å². The standard InChI is InChI=1S/C27H26F3N5O4S/c1-38-19-11-9-18(10-12-19)15-35-24(37)21-23(33-25(35)39-16-27(28,29)30)40-26(32-21)34-13-5-8-20(34)22(36)31-14-17-6-3-2-4-7-17/h2-4,6-7,9-12,20H,5,8,13-16H2,1H3,(H,31,36)/t20-/m1/s1. The lowest BCUT2D eigenvalue weighted by Crippen LogP contribution is -2.43. The van der Waals surface area contributed by atoms with Crippen LogP contribution >= 0.6 is 11.3 Å². The van der Waals surface area contributed by atoms with E-state index in [9.17, 15) is 22.8 Å².